The van der Waals surface area contributed by atoms with Crippen molar-refractivity contribution >= 4 is 40.5 Å². The second-order valence-corrected chi connectivity index (χ2v) is 10.9. The molecule has 1 heterocycles. The summed E-state index contributed by atoms with van der Waals surface area (Å²) in [6, 6.07) is 16.5. The van der Waals surface area contributed by atoms with Gasteiger partial charge < -0.3 is 20.7 Å². The van der Waals surface area contributed by atoms with Crippen LogP contribution in [0.5, 0.6) is 0 Å². The van der Waals surface area contributed by atoms with Crippen LogP contribution in [0.15, 0.2) is 60.7 Å². The molecule has 1 aliphatic carbocycles. The molecule has 1 amide bonds. The largest absolute Gasteiger partial charge is 0.466 e. The zero-order chi connectivity index (χ0) is 28.3. The Morgan fingerprint density at radius 2 is 1.57 bits per heavy atom. The number of amides is 1. The van der Waals surface area contributed by atoms with Crippen molar-refractivity contribution in [3.05, 3.63) is 88.4 Å². The molecule has 0 aromatic heterocycles. The number of anilines is 3. The molecule has 40 heavy (non-hydrogen) atoms. The molecule has 3 aromatic carbocycles. The molecule has 1 atom stereocenters. The highest BCUT2D eigenvalue weighted by Gasteiger charge is 2.52. The normalized spacial score (nSPS) is 16.8. The monoisotopic (exact) mass is 567 g/mol. The highest BCUT2D eigenvalue weighted by molar-refractivity contribution is 6.30. The lowest BCUT2D eigenvalue weighted by Crippen LogP contribution is -2.54. The number of esters is 1. The van der Waals surface area contributed by atoms with E-state index < -0.39 is 23.2 Å². The third-order valence-corrected chi connectivity index (χ3v) is 8.02. The molecule has 1 saturated carbocycles. The molecule has 210 valence electrons. The highest BCUT2D eigenvalue weighted by Crippen LogP contribution is 2.49. The van der Waals surface area contributed by atoms with Gasteiger partial charge in [0.15, 0.2) is 11.6 Å². The Morgan fingerprint density at radius 3 is 2.15 bits per heavy atom. The molecule has 0 bridgehead atoms. The zero-order valence-corrected chi connectivity index (χ0v) is 23.0. The predicted molar refractivity (Wildman–Crippen MR) is 152 cm³/mol. The third-order valence-electron chi connectivity index (χ3n) is 7.77. The van der Waals surface area contributed by atoms with Gasteiger partial charge in [-0.3, -0.25) is 9.59 Å². The fourth-order valence-corrected chi connectivity index (χ4v) is 6.06. The Labute approximate surface area is 237 Å². The van der Waals surface area contributed by atoms with E-state index in [4.69, 9.17) is 16.3 Å². The van der Waals surface area contributed by atoms with Crippen LogP contribution in [0.3, 0.4) is 0 Å². The van der Waals surface area contributed by atoms with Gasteiger partial charge in [-0.15, -0.1) is 0 Å². The van der Waals surface area contributed by atoms with Gasteiger partial charge in [0.2, 0.25) is 5.91 Å². The second kappa shape index (κ2) is 11.8. The van der Waals surface area contributed by atoms with E-state index in [9.17, 15) is 18.4 Å². The van der Waals surface area contributed by atoms with Crippen molar-refractivity contribution in [1.29, 1.82) is 0 Å². The molecule has 2 aliphatic rings. The third kappa shape index (κ3) is 5.77. The number of halogens is 3. The van der Waals surface area contributed by atoms with Gasteiger partial charge in [0.1, 0.15) is 5.66 Å². The summed E-state index contributed by atoms with van der Waals surface area (Å²) in [6.07, 6.45) is 4.90. The number of fused-ring (bicyclic) bond motifs is 1. The van der Waals surface area contributed by atoms with Crippen LogP contribution in [0.2, 0.25) is 5.02 Å². The Hall–Kier alpha value is -3.65. The molecule has 0 spiro atoms. The number of hydrogen-bond donors (Lipinski definition) is 3. The van der Waals surface area contributed by atoms with Gasteiger partial charge >= 0.3 is 5.97 Å². The van der Waals surface area contributed by atoms with E-state index in [1.54, 1.807) is 43.3 Å². The molecule has 1 unspecified atom stereocenters. The molecule has 1 fully saturated rings. The molecule has 1 aliphatic heterocycles. The maximum absolute atomic E-state index is 14.3. The van der Waals surface area contributed by atoms with E-state index in [0.717, 1.165) is 55.4 Å². The summed E-state index contributed by atoms with van der Waals surface area (Å²) < 4.78 is 33.6. The first-order chi connectivity index (χ1) is 19.3. The first kappa shape index (κ1) is 27.9. The smallest absolute Gasteiger partial charge is 0.310 e. The number of benzene rings is 3. The standard InChI is InChI=1S/C31H32ClF2N3O3/c1-2-40-28(38)16-19-8-14-23(15-9-19)35-30(39)29(20-6-4-3-5-7-20)31(21-10-12-22(32)13-11-21)36-26-17-24(33)25(34)18-27(26)37-31/h8-15,17-18,20,29,36-37H,2-7,16H2,1H3,(H,35,39). The molecular weight excluding hydrogens is 536 g/mol. The minimum Gasteiger partial charge on any atom is -0.466 e. The first-order valence-electron chi connectivity index (χ1n) is 13.7. The van der Waals surface area contributed by atoms with Gasteiger partial charge in [-0.1, -0.05) is 55.1 Å². The Balaban J connectivity index is 1.51. The van der Waals surface area contributed by atoms with E-state index in [-0.39, 0.29) is 24.2 Å². The fraction of sp³-hybridized carbons (Fsp3) is 0.355. The van der Waals surface area contributed by atoms with Crippen molar-refractivity contribution < 1.29 is 23.1 Å². The number of nitrogens with one attached hydrogen (secondary N) is 3. The lowest BCUT2D eigenvalue weighted by Gasteiger charge is -2.43. The van der Waals surface area contributed by atoms with Crippen molar-refractivity contribution in [2.75, 3.05) is 22.6 Å². The summed E-state index contributed by atoms with van der Waals surface area (Å²) in [5, 5.41) is 10.4. The summed E-state index contributed by atoms with van der Waals surface area (Å²) in [6.45, 7) is 2.08. The number of carbonyl (C=O) groups is 2. The van der Waals surface area contributed by atoms with Gasteiger partial charge in [-0.25, -0.2) is 8.78 Å². The maximum atomic E-state index is 14.3. The van der Waals surface area contributed by atoms with Crippen molar-refractivity contribution in [2.45, 2.75) is 51.1 Å². The van der Waals surface area contributed by atoms with Crippen LogP contribution in [-0.2, 0) is 26.4 Å². The van der Waals surface area contributed by atoms with Crippen LogP contribution in [0.1, 0.15) is 50.2 Å². The lowest BCUT2D eigenvalue weighted by molar-refractivity contribution is -0.142. The highest BCUT2D eigenvalue weighted by atomic mass is 35.5. The van der Waals surface area contributed by atoms with E-state index in [1.165, 1.54) is 0 Å². The number of ether oxygens (including phenoxy) is 1. The van der Waals surface area contributed by atoms with Gasteiger partial charge in [0.25, 0.3) is 0 Å². The summed E-state index contributed by atoms with van der Waals surface area (Å²) >= 11 is 6.21. The minimum atomic E-state index is -1.18. The summed E-state index contributed by atoms with van der Waals surface area (Å²) in [4.78, 5) is 26.1. The Kier molecular flexibility index (Phi) is 8.26. The average Bonchev–Trinajstić information content (AvgIpc) is 3.29. The van der Waals surface area contributed by atoms with Crippen molar-refractivity contribution in [3.8, 4) is 0 Å². The molecular formula is C31H32ClF2N3O3. The minimum absolute atomic E-state index is 0.00322. The number of carbonyl (C=O) groups excluding carboxylic acids is 2. The molecule has 0 saturated heterocycles. The van der Waals surface area contributed by atoms with Crippen LogP contribution >= 0.6 is 11.6 Å². The number of rotatable bonds is 8. The van der Waals surface area contributed by atoms with Gasteiger partial charge in [0, 0.05) is 22.8 Å². The Bertz CT molecular complexity index is 1340. The fourth-order valence-electron chi connectivity index (χ4n) is 5.94. The molecule has 5 rings (SSSR count). The summed E-state index contributed by atoms with van der Waals surface area (Å²) in [5.41, 5.74) is 1.66. The molecule has 3 aromatic rings. The molecule has 0 radical (unpaired) electrons. The van der Waals surface area contributed by atoms with E-state index in [1.807, 2.05) is 12.1 Å². The van der Waals surface area contributed by atoms with Crippen LogP contribution in [0, 0.1) is 23.5 Å². The van der Waals surface area contributed by atoms with Crippen molar-refractivity contribution in [2.24, 2.45) is 11.8 Å². The summed E-state index contributed by atoms with van der Waals surface area (Å²) in [5.74, 6) is -3.13. The maximum Gasteiger partial charge on any atom is 0.310 e. The predicted octanol–water partition coefficient (Wildman–Crippen LogP) is 7.25. The average molecular weight is 568 g/mol. The second-order valence-electron chi connectivity index (χ2n) is 10.4. The van der Waals surface area contributed by atoms with Gasteiger partial charge in [-0.05, 0) is 61.1 Å². The van der Waals surface area contributed by atoms with E-state index in [0.29, 0.717) is 28.7 Å². The lowest BCUT2D eigenvalue weighted by atomic mass is 9.71. The number of hydrogen-bond acceptors (Lipinski definition) is 5. The van der Waals surface area contributed by atoms with Gasteiger partial charge in [0.05, 0.1) is 30.3 Å². The van der Waals surface area contributed by atoms with Gasteiger partial charge in [-0.2, -0.15) is 0 Å². The molecule has 6 nitrogen and oxygen atoms in total. The topological polar surface area (TPSA) is 79.5 Å². The van der Waals surface area contributed by atoms with Crippen molar-refractivity contribution in [1.82, 2.24) is 0 Å². The van der Waals surface area contributed by atoms with Crippen LogP contribution in [0.25, 0.3) is 0 Å². The SMILES string of the molecule is CCOC(=O)Cc1ccc(NC(=O)C(C2CCCCC2)C2(c3ccc(Cl)cc3)Nc3cc(F)c(F)cc3N2)cc1. The van der Waals surface area contributed by atoms with Crippen molar-refractivity contribution in [3.63, 3.8) is 0 Å². The summed E-state index contributed by atoms with van der Waals surface area (Å²) in [7, 11) is 0. The van der Waals surface area contributed by atoms with Crippen LogP contribution in [-0.4, -0.2) is 18.5 Å². The zero-order valence-electron chi connectivity index (χ0n) is 22.2. The molecule has 3 N–H and O–H groups in total. The Morgan fingerprint density at radius 1 is 0.975 bits per heavy atom. The van der Waals surface area contributed by atoms with Crippen LogP contribution < -0.4 is 16.0 Å². The first-order valence-corrected chi connectivity index (χ1v) is 14.0. The van der Waals surface area contributed by atoms with E-state index >= 15 is 0 Å². The quantitative estimate of drug-likeness (QED) is 0.250. The molecule has 9 heteroatoms. The van der Waals surface area contributed by atoms with E-state index in [2.05, 4.69) is 16.0 Å². The van der Waals surface area contributed by atoms with Crippen LogP contribution in [0.4, 0.5) is 25.8 Å².